The summed E-state index contributed by atoms with van der Waals surface area (Å²) in [6.07, 6.45) is 5.37. The number of hydrogen-bond donors (Lipinski definition) is 0. The molecule has 3 unspecified atom stereocenters. The van der Waals surface area contributed by atoms with E-state index >= 15 is 0 Å². The monoisotopic (exact) mass is 170 g/mol. The number of epoxide rings is 1. The quantitative estimate of drug-likeness (QED) is 0.592. The van der Waals surface area contributed by atoms with Crippen molar-refractivity contribution in [3.05, 3.63) is 0 Å². The van der Waals surface area contributed by atoms with Crippen LogP contribution in [0.15, 0.2) is 0 Å². The maximum Gasteiger partial charge on any atom is 0.195 e. The SMILES string of the molecule is COC1(C2CCCCC2C)CO1. The van der Waals surface area contributed by atoms with Gasteiger partial charge in [0.2, 0.25) is 0 Å². The zero-order valence-corrected chi connectivity index (χ0v) is 8.01. The summed E-state index contributed by atoms with van der Waals surface area (Å²) in [7, 11) is 1.77. The van der Waals surface area contributed by atoms with Crippen LogP contribution in [-0.2, 0) is 9.47 Å². The molecule has 70 valence electrons. The van der Waals surface area contributed by atoms with Crippen LogP contribution >= 0.6 is 0 Å². The molecule has 2 heteroatoms. The lowest BCUT2D eigenvalue weighted by Crippen LogP contribution is -2.33. The lowest BCUT2D eigenvalue weighted by atomic mass is 9.77. The predicted octanol–water partition coefficient (Wildman–Crippen LogP) is 2.19. The van der Waals surface area contributed by atoms with Crippen molar-refractivity contribution < 1.29 is 9.47 Å². The van der Waals surface area contributed by atoms with Crippen molar-refractivity contribution in [2.45, 2.75) is 38.4 Å². The average Bonchev–Trinajstić information content (AvgIpc) is 2.86. The van der Waals surface area contributed by atoms with Gasteiger partial charge in [0, 0.05) is 13.0 Å². The van der Waals surface area contributed by atoms with E-state index in [9.17, 15) is 0 Å². The summed E-state index contributed by atoms with van der Waals surface area (Å²) < 4.78 is 10.9. The first kappa shape index (κ1) is 8.52. The Kier molecular flexibility index (Phi) is 2.13. The summed E-state index contributed by atoms with van der Waals surface area (Å²) in [5.74, 6) is 1.26. The molecule has 0 amide bonds. The second-order valence-electron chi connectivity index (χ2n) is 4.17. The Morgan fingerprint density at radius 2 is 2.00 bits per heavy atom. The van der Waals surface area contributed by atoms with E-state index in [-0.39, 0.29) is 5.79 Å². The van der Waals surface area contributed by atoms with Crippen molar-refractivity contribution in [2.75, 3.05) is 13.7 Å². The minimum absolute atomic E-state index is 0.167. The summed E-state index contributed by atoms with van der Waals surface area (Å²) in [5.41, 5.74) is 0. The van der Waals surface area contributed by atoms with Crippen LogP contribution in [0.3, 0.4) is 0 Å². The highest BCUT2D eigenvalue weighted by Crippen LogP contribution is 2.46. The van der Waals surface area contributed by atoms with Gasteiger partial charge in [0.1, 0.15) is 6.61 Å². The lowest BCUT2D eigenvalue weighted by Gasteiger charge is -2.32. The third-order valence-corrected chi connectivity index (χ3v) is 3.45. The first-order valence-corrected chi connectivity index (χ1v) is 4.97. The highest BCUT2D eigenvalue weighted by Gasteiger charge is 2.54. The topological polar surface area (TPSA) is 21.8 Å². The molecule has 1 heterocycles. The molecule has 2 aliphatic rings. The minimum Gasteiger partial charge on any atom is -0.351 e. The highest BCUT2D eigenvalue weighted by molar-refractivity contribution is 4.93. The van der Waals surface area contributed by atoms with E-state index in [1.165, 1.54) is 25.7 Å². The van der Waals surface area contributed by atoms with Gasteiger partial charge >= 0.3 is 0 Å². The molecule has 2 rings (SSSR count). The van der Waals surface area contributed by atoms with Gasteiger partial charge in [-0.05, 0) is 12.3 Å². The molecular formula is C10H18O2. The zero-order chi connectivity index (χ0) is 8.60. The van der Waals surface area contributed by atoms with E-state index in [1.807, 2.05) is 0 Å². The molecule has 12 heavy (non-hydrogen) atoms. The Bertz CT molecular complexity index is 163. The fourth-order valence-electron chi connectivity index (χ4n) is 2.52. The average molecular weight is 170 g/mol. The summed E-state index contributed by atoms with van der Waals surface area (Å²) in [6, 6.07) is 0. The van der Waals surface area contributed by atoms with Crippen molar-refractivity contribution >= 4 is 0 Å². The smallest absolute Gasteiger partial charge is 0.195 e. The Balaban J connectivity index is 2.01. The van der Waals surface area contributed by atoms with E-state index in [4.69, 9.17) is 9.47 Å². The van der Waals surface area contributed by atoms with Gasteiger partial charge in [-0.25, -0.2) is 0 Å². The molecule has 0 radical (unpaired) electrons. The maximum atomic E-state index is 5.44. The Morgan fingerprint density at radius 1 is 1.33 bits per heavy atom. The third kappa shape index (κ3) is 1.27. The standard InChI is InChI=1S/C10H18O2/c1-8-5-3-4-6-9(8)10(11-2)7-12-10/h8-9H,3-7H2,1-2H3. The van der Waals surface area contributed by atoms with E-state index in [0.717, 1.165) is 12.5 Å². The van der Waals surface area contributed by atoms with Crippen molar-refractivity contribution in [3.8, 4) is 0 Å². The number of hydrogen-bond acceptors (Lipinski definition) is 2. The molecule has 1 saturated heterocycles. The first-order chi connectivity index (χ1) is 5.78. The normalized spacial score (nSPS) is 47.5. The van der Waals surface area contributed by atoms with E-state index in [2.05, 4.69) is 6.92 Å². The molecule has 1 saturated carbocycles. The van der Waals surface area contributed by atoms with Crippen LogP contribution < -0.4 is 0 Å². The van der Waals surface area contributed by atoms with Crippen molar-refractivity contribution in [2.24, 2.45) is 11.8 Å². The Hall–Kier alpha value is -0.0800. The van der Waals surface area contributed by atoms with Gasteiger partial charge in [0.05, 0.1) is 0 Å². The molecule has 1 aliphatic carbocycles. The van der Waals surface area contributed by atoms with Crippen LogP contribution in [-0.4, -0.2) is 19.5 Å². The van der Waals surface area contributed by atoms with Gasteiger partial charge in [-0.3, -0.25) is 0 Å². The number of rotatable bonds is 2. The van der Waals surface area contributed by atoms with Gasteiger partial charge < -0.3 is 9.47 Å². The van der Waals surface area contributed by atoms with Crippen LogP contribution in [0.25, 0.3) is 0 Å². The molecule has 0 aromatic heterocycles. The molecule has 0 aromatic rings. The van der Waals surface area contributed by atoms with Crippen LogP contribution in [0.5, 0.6) is 0 Å². The summed E-state index contributed by atoms with van der Waals surface area (Å²) >= 11 is 0. The Labute approximate surface area is 74.2 Å². The van der Waals surface area contributed by atoms with E-state index in [0.29, 0.717) is 5.92 Å². The van der Waals surface area contributed by atoms with Gasteiger partial charge in [-0.15, -0.1) is 0 Å². The van der Waals surface area contributed by atoms with Crippen LogP contribution in [0.4, 0.5) is 0 Å². The number of ether oxygens (including phenoxy) is 2. The molecule has 3 atom stereocenters. The van der Waals surface area contributed by atoms with Crippen molar-refractivity contribution in [3.63, 3.8) is 0 Å². The molecule has 0 N–H and O–H groups in total. The van der Waals surface area contributed by atoms with Gasteiger partial charge in [0.25, 0.3) is 0 Å². The van der Waals surface area contributed by atoms with Crippen LogP contribution in [0.2, 0.25) is 0 Å². The zero-order valence-electron chi connectivity index (χ0n) is 8.01. The van der Waals surface area contributed by atoms with Crippen LogP contribution in [0, 0.1) is 11.8 Å². The molecule has 0 spiro atoms. The maximum absolute atomic E-state index is 5.44. The molecule has 0 bridgehead atoms. The summed E-state index contributed by atoms with van der Waals surface area (Å²) in [5, 5.41) is 0. The van der Waals surface area contributed by atoms with Crippen LogP contribution in [0.1, 0.15) is 32.6 Å². The highest BCUT2D eigenvalue weighted by atomic mass is 16.8. The molecule has 0 aromatic carbocycles. The Morgan fingerprint density at radius 3 is 2.50 bits per heavy atom. The predicted molar refractivity (Wildman–Crippen MR) is 46.8 cm³/mol. The largest absolute Gasteiger partial charge is 0.351 e. The molecular weight excluding hydrogens is 152 g/mol. The lowest BCUT2D eigenvalue weighted by molar-refractivity contribution is -0.0812. The minimum atomic E-state index is -0.167. The summed E-state index contributed by atoms with van der Waals surface area (Å²) in [4.78, 5) is 0. The molecule has 2 nitrogen and oxygen atoms in total. The molecule has 1 aliphatic heterocycles. The van der Waals surface area contributed by atoms with E-state index in [1.54, 1.807) is 7.11 Å². The van der Waals surface area contributed by atoms with E-state index < -0.39 is 0 Å². The summed E-state index contributed by atoms with van der Waals surface area (Å²) in [6.45, 7) is 3.14. The van der Waals surface area contributed by atoms with Crippen molar-refractivity contribution in [1.82, 2.24) is 0 Å². The first-order valence-electron chi connectivity index (χ1n) is 4.97. The second-order valence-corrected chi connectivity index (χ2v) is 4.17. The van der Waals surface area contributed by atoms with Gasteiger partial charge in [0.15, 0.2) is 5.79 Å². The molecule has 2 fully saturated rings. The fraction of sp³-hybridized carbons (Fsp3) is 1.00. The number of methoxy groups -OCH3 is 1. The second kappa shape index (κ2) is 3.00. The van der Waals surface area contributed by atoms with Gasteiger partial charge in [-0.2, -0.15) is 0 Å². The fourth-order valence-corrected chi connectivity index (χ4v) is 2.52. The third-order valence-electron chi connectivity index (χ3n) is 3.45. The van der Waals surface area contributed by atoms with Gasteiger partial charge in [-0.1, -0.05) is 26.2 Å². The van der Waals surface area contributed by atoms with Crippen molar-refractivity contribution in [1.29, 1.82) is 0 Å².